The first kappa shape index (κ1) is 17.3. The Morgan fingerprint density at radius 2 is 2.00 bits per heavy atom. The van der Waals surface area contributed by atoms with Crippen molar-refractivity contribution in [2.75, 3.05) is 19.0 Å². The number of carbonyl (C=O) groups excluding carboxylic acids is 1. The monoisotopic (exact) mass is 294 g/mol. The molecular weight excluding hydrogens is 268 g/mol. The molecule has 0 aliphatic rings. The summed E-state index contributed by atoms with van der Waals surface area (Å²) in [6.45, 7) is 6.24. The second-order valence-corrected chi connectivity index (χ2v) is 5.16. The molecule has 1 rings (SSSR count). The van der Waals surface area contributed by atoms with E-state index in [2.05, 4.69) is 10.6 Å². The van der Waals surface area contributed by atoms with Crippen LogP contribution in [0.25, 0.3) is 0 Å². The van der Waals surface area contributed by atoms with Crippen molar-refractivity contribution in [2.24, 2.45) is 5.92 Å². The Morgan fingerprint density at radius 1 is 1.33 bits per heavy atom. The number of aliphatic hydroxyl groups is 1. The number of methoxy groups -OCH3 is 1. The van der Waals surface area contributed by atoms with Gasteiger partial charge in [-0.15, -0.1) is 0 Å². The van der Waals surface area contributed by atoms with Crippen molar-refractivity contribution in [3.63, 3.8) is 0 Å². The fourth-order valence-electron chi connectivity index (χ4n) is 2.27. The standard InChI is InChI=1S/C16H26N2O3/c1-5-12(6-2)15(19)10-17-16(20)18-14-8-7-13(21-4)9-11(14)3/h7-9,12,15,19H,5-6,10H2,1-4H3,(H2,17,18,20). The minimum atomic E-state index is -0.511. The number of benzene rings is 1. The van der Waals surface area contributed by atoms with Crippen molar-refractivity contribution in [3.05, 3.63) is 23.8 Å². The van der Waals surface area contributed by atoms with Gasteiger partial charge in [0.25, 0.3) is 0 Å². The number of hydrogen-bond donors (Lipinski definition) is 3. The molecule has 0 fully saturated rings. The third kappa shape index (κ3) is 5.27. The van der Waals surface area contributed by atoms with E-state index in [1.54, 1.807) is 19.2 Å². The van der Waals surface area contributed by atoms with Crippen molar-refractivity contribution < 1.29 is 14.6 Å². The smallest absolute Gasteiger partial charge is 0.319 e. The number of ether oxygens (including phenoxy) is 1. The molecule has 5 nitrogen and oxygen atoms in total. The average molecular weight is 294 g/mol. The third-order valence-electron chi connectivity index (χ3n) is 3.75. The summed E-state index contributed by atoms with van der Waals surface area (Å²) in [4.78, 5) is 11.9. The summed E-state index contributed by atoms with van der Waals surface area (Å²) in [7, 11) is 1.61. The molecule has 0 spiro atoms. The summed E-state index contributed by atoms with van der Waals surface area (Å²) < 4.78 is 5.12. The third-order valence-corrected chi connectivity index (χ3v) is 3.75. The van der Waals surface area contributed by atoms with Crippen LogP contribution < -0.4 is 15.4 Å². The Hall–Kier alpha value is -1.75. The molecule has 21 heavy (non-hydrogen) atoms. The maximum atomic E-state index is 11.9. The number of hydrogen-bond acceptors (Lipinski definition) is 3. The van der Waals surface area contributed by atoms with Gasteiger partial charge in [0.05, 0.1) is 13.2 Å². The van der Waals surface area contributed by atoms with Crippen LogP contribution in [0.4, 0.5) is 10.5 Å². The van der Waals surface area contributed by atoms with Crippen LogP contribution in [0.3, 0.4) is 0 Å². The lowest BCUT2D eigenvalue weighted by molar-refractivity contribution is 0.104. The molecule has 0 bridgehead atoms. The van der Waals surface area contributed by atoms with Gasteiger partial charge in [0.1, 0.15) is 5.75 Å². The first-order valence-corrected chi connectivity index (χ1v) is 7.39. The second-order valence-electron chi connectivity index (χ2n) is 5.16. The highest BCUT2D eigenvalue weighted by molar-refractivity contribution is 5.90. The number of nitrogens with one attached hydrogen (secondary N) is 2. The topological polar surface area (TPSA) is 70.6 Å². The molecule has 1 unspecified atom stereocenters. The summed E-state index contributed by atoms with van der Waals surface area (Å²) in [5.74, 6) is 0.968. The van der Waals surface area contributed by atoms with Crippen LogP contribution in [0.2, 0.25) is 0 Å². The highest BCUT2D eigenvalue weighted by Crippen LogP contribution is 2.20. The molecule has 1 atom stereocenters. The molecule has 0 saturated carbocycles. The van der Waals surface area contributed by atoms with Crippen molar-refractivity contribution in [3.8, 4) is 5.75 Å². The van der Waals surface area contributed by atoms with E-state index in [4.69, 9.17) is 4.74 Å². The molecule has 0 saturated heterocycles. The highest BCUT2D eigenvalue weighted by atomic mass is 16.5. The Bertz CT molecular complexity index is 459. The largest absolute Gasteiger partial charge is 0.497 e. The van der Waals surface area contributed by atoms with Gasteiger partial charge in [-0.25, -0.2) is 4.79 Å². The summed E-state index contributed by atoms with van der Waals surface area (Å²) in [6, 6.07) is 5.13. The SMILES string of the molecule is CCC(CC)C(O)CNC(=O)Nc1ccc(OC)cc1C. The Labute approximate surface area is 126 Å². The average Bonchev–Trinajstić information content (AvgIpc) is 2.48. The van der Waals surface area contributed by atoms with E-state index in [-0.39, 0.29) is 18.5 Å². The van der Waals surface area contributed by atoms with Crippen LogP contribution in [0, 0.1) is 12.8 Å². The van der Waals surface area contributed by atoms with Crippen LogP contribution in [0.5, 0.6) is 5.75 Å². The van der Waals surface area contributed by atoms with Gasteiger partial charge in [0.2, 0.25) is 0 Å². The van der Waals surface area contributed by atoms with Gasteiger partial charge < -0.3 is 20.5 Å². The predicted molar refractivity (Wildman–Crippen MR) is 84.8 cm³/mol. The molecule has 3 N–H and O–H groups in total. The van der Waals surface area contributed by atoms with E-state index >= 15 is 0 Å². The maximum Gasteiger partial charge on any atom is 0.319 e. The Kier molecular flexibility index (Phi) is 7.02. The molecule has 0 heterocycles. The number of urea groups is 1. The number of anilines is 1. The number of carbonyl (C=O) groups is 1. The molecular formula is C16H26N2O3. The molecule has 0 aliphatic heterocycles. The van der Waals surface area contributed by atoms with E-state index in [0.717, 1.165) is 29.8 Å². The highest BCUT2D eigenvalue weighted by Gasteiger charge is 2.16. The molecule has 0 aliphatic carbocycles. The van der Waals surface area contributed by atoms with E-state index in [1.807, 2.05) is 26.8 Å². The molecule has 0 aromatic heterocycles. The van der Waals surface area contributed by atoms with E-state index in [1.165, 1.54) is 0 Å². The van der Waals surface area contributed by atoms with Crippen LogP contribution in [0.1, 0.15) is 32.3 Å². The first-order valence-electron chi connectivity index (χ1n) is 7.39. The summed E-state index contributed by atoms with van der Waals surface area (Å²) in [6.07, 6.45) is 1.29. The van der Waals surface area contributed by atoms with Crippen LogP contribution in [-0.2, 0) is 0 Å². The first-order chi connectivity index (χ1) is 10.0. The van der Waals surface area contributed by atoms with Crippen molar-refractivity contribution in [2.45, 2.75) is 39.7 Å². The Morgan fingerprint density at radius 3 is 2.52 bits per heavy atom. The summed E-state index contributed by atoms with van der Waals surface area (Å²) in [5, 5.41) is 15.5. The summed E-state index contributed by atoms with van der Waals surface area (Å²) >= 11 is 0. The van der Waals surface area contributed by atoms with Crippen molar-refractivity contribution in [1.82, 2.24) is 5.32 Å². The fraction of sp³-hybridized carbons (Fsp3) is 0.562. The van der Waals surface area contributed by atoms with E-state index < -0.39 is 6.10 Å². The minimum absolute atomic E-state index is 0.216. The maximum absolute atomic E-state index is 11.9. The van der Waals surface area contributed by atoms with Gasteiger partial charge >= 0.3 is 6.03 Å². The number of aliphatic hydroxyl groups excluding tert-OH is 1. The number of amides is 2. The zero-order chi connectivity index (χ0) is 15.8. The molecule has 2 amide bonds. The van der Waals surface area contributed by atoms with Gasteiger partial charge in [-0.2, -0.15) is 0 Å². The summed E-state index contributed by atoms with van der Waals surface area (Å²) in [5.41, 5.74) is 1.65. The van der Waals surface area contributed by atoms with Gasteiger partial charge in [0, 0.05) is 12.2 Å². The Balaban J connectivity index is 2.50. The predicted octanol–water partition coefficient (Wildman–Crippen LogP) is 2.92. The van der Waals surface area contributed by atoms with Crippen LogP contribution in [-0.4, -0.2) is 30.9 Å². The van der Waals surface area contributed by atoms with E-state index in [0.29, 0.717) is 0 Å². The molecule has 5 heteroatoms. The van der Waals surface area contributed by atoms with Crippen LogP contribution >= 0.6 is 0 Å². The molecule has 0 radical (unpaired) electrons. The zero-order valence-corrected chi connectivity index (χ0v) is 13.3. The van der Waals surface area contributed by atoms with Crippen LogP contribution in [0.15, 0.2) is 18.2 Å². The second kappa shape index (κ2) is 8.52. The lowest BCUT2D eigenvalue weighted by Gasteiger charge is -2.20. The van der Waals surface area contributed by atoms with Gasteiger partial charge in [-0.1, -0.05) is 26.7 Å². The number of rotatable bonds is 7. The lowest BCUT2D eigenvalue weighted by Crippen LogP contribution is -2.38. The zero-order valence-electron chi connectivity index (χ0n) is 13.3. The van der Waals surface area contributed by atoms with E-state index in [9.17, 15) is 9.90 Å². The lowest BCUT2D eigenvalue weighted by atomic mass is 9.97. The van der Waals surface area contributed by atoms with Crippen molar-refractivity contribution in [1.29, 1.82) is 0 Å². The van der Waals surface area contributed by atoms with Gasteiger partial charge in [-0.05, 0) is 36.6 Å². The molecule has 1 aromatic rings. The quantitative estimate of drug-likeness (QED) is 0.724. The van der Waals surface area contributed by atoms with Gasteiger partial charge in [-0.3, -0.25) is 0 Å². The van der Waals surface area contributed by atoms with Gasteiger partial charge in [0.15, 0.2) is 0 Å². The fourth-order valence-corrected chi connectivity index (χ4v) is 2.27. The molecule has 118 valence electrons. The molecule has 1 aromatic carbocycles. The normalized spacial score (nSPS) is 12.1. The number of aryl methyl sites for hydroxylation is 1. The minimum Gasteiger partial charge on any atom is -0.497 e. The van der Waals surface area contributed by atoms with Crippen molar-refractivity contribution >= 4 is 11.7 Å².